The van der Waals surface area contributed by atoms with Crippen LogP contribution in [-0.2, 0) is 12.8 Å². The molecule has 2 aromatic rings. The van der Waals surface area contributed by atoms with Gasteiger partial charge in [0.1, 0.15) is 11.3 Å². The lowest BCUT2D eigenvalue weighted by Gasteiger charge is -2.21. The van der Waals surface area contributed by atoms with Crippen LogP contribution in [0.15, 0.2) is 36.4 Å². The molecule has 0 atom stereocenters. The molecule has 0 aromatic heterocycles. The summed E-state index contributed by atoms with van der Waals surface area (Å²) in [6.45, 7) is 2.32. The molecule has 0 saturated heterocycles. The van der Waals surface area contributed by atoms with Gasteiger partial charge in [0.15, 0.2) is 0 Å². The Morgan fingerprint density at radius 1 is 1.15 bits per heavy atom. The summed E-state index contributed by atoms with van der Waals surface area (Å²) in [6.07, 6.45) is 1.83. The van der Waals surface area contributed by atoms with Gasteiger partial charge in [-0.2, -0.15) is 0 Å². The predicted molar refractivity (Wildman–Crippen MR) is 77.4 cm³/mol. The Kier molecular flexibility index (Phi) is 3.18. The van der Waals surface area contributed by atoms with Crippen molar-refractivity contribution in [1.29, 1.82) is 0 Å². The van der Waals surface area contributed by atoms with Crippen molar-refractivity contribution in [3.05, 3.63) is 53.1 Å². The molecule has 1 N–H and O–H groups in total. The maximum Gasteiger partial charge on any atom is 0.339 e. The number of carboxylic acid groups (broad SMARTS) is 1. The summed E-state index contributed by atoms with van der Waals surface area (Å²) >= 11 is 0. The van der Waals surface area contributed by atoms with Crippen molar-refractivity contribution in [2.75, 3.05) is 6.61 Å². The number of rotatable bonds is 3. The summed E-state index contributed by atoms with van der Waals surface area (Å²) in [5.41, 5.74) is 4.94. The first-order valence-corrected chi connectivity index (χ1v) is 6.82. The molecule has 0 radical (unpaired) electrons. The summed E-state index contributed by atoms with van der Waals surface area (Å²) in [5, 5.41) is 9.31. The maximum atomic E-state index is 11.3. The number of carboxylic acids is 1. The third-order valence-corrected chi connectivity index (χ3v) is 3.71. The molecule has 0 aliphatic heterocycles. The maximum absolute atomic E-state index is 11.3. The molecule has 3 rings (SSSR count). The van der Waals surface area contributed by atoms with Crippen molar-refractivity contribution < 1.29 is 14.6 Å². The van der Waals surface area contributed by atoms with Crippen molar-refractivity contribution in [2.24, 2.45) is 0 Å². The highest BCUT2D eigenvalue weighted by atomic mass is 16.5. The molecular weight excluding hydrogens is 252 g/mol. The van der Waals surface area contributed by atoms with Crippen molar-refractivity contribution in [3.8, 4) is 16.9 Å². The standard InChI is InChI=1S/C17H16O3/c1-2-20-16-10-14-12(9-15(16)17(18)19)8-7-11-5-3-4-6-13(11)14/h3-6,9-10H,2,7-8H2,1H3,(H,18,19). The van der Waals surface area contributed by atoms with Crippen LogP contribution in [0.5, 0.6) is 5.75 Å². The Labute approximate surface area is 117 Å². The lowest BCUT2D eigenvalue weighted by atomic mass is 9.84. The molecule has 0 fully saturated rings. The quantitative estimate of drug-likeness (QED) is 0.926. The molecule has 20 heavy (non-hydrogen) atoms. The van der Waals surface area contributed by atoms with E-state index in [0.29, 0.717) is 12.4 Å². The number of benzene rings is 2. The highest BCUT2D eigenvalue weighted by molar-refractivity contribution is 5.93. The number of ether oxygens (including phenoxy) is 1. The molecule has 0 unspecified atom stereocenters. The Morgan fingerprint density at radius 2 is 1.90 bits per heavy atom. The van der Waals surface area contributed by atoms with Gasteiger partial charge in [-0.3, -0.25) is 0 Å². The van der Waals surface area contributed by atoms with E-state index >= 15 is 0 Å². The minimum Gasteiger partial charge on any atom is -0.493 e. The average molecular weight is 268 g/mol. The van der Waals surface area contributed by atoms with Gasteiger partial charge in [0, 0.05) is 0 Å². The second-order valence-electron chi connectivity index (χ2n) is 4.90. The Balaban J connectivity index is 2.20. The molecule has 3 nitrogen and oxygen atoms in total. The number of hydrogen-bond acceptors (Lipinski definition) is 2. The van der Waals surface area contributed by atoms with Crippen LogP contribution in [0.1, 0.15) is 28.4 Å². The third-order valence-electron chi connectivity index (χ3n) is 3.71. The first-order chi connectivity index (χ1) is 9.70. The van der Waals surface area contributed by atoms with Crippen LogP contribution >= 0.6 is 0 Å². The molecule has 0 spiro atoms. The van der Waals surface area contributed by atoms with E-state index in [1.165, 1.54) is 11.1 Å². The lowest BCUT2D eigenvalue weighted by Crippen LogP contribution is -2.09. The van der Waals surface area contributed by atoms with Gasteiger partial charge in [0.05, 0.1) is 6.61 Å². The minimum absolute atomic E-state index is 0.255. The molecule has 3 heteroatoms. The molecule has 102 valence electrons. The minimum atomic E-state index is -0.935. The van der Waals surface area contributed by atoms with Gasteiger partial charge in [-0.05, 0) is 54.2 Å². The number of aromatic carboxylic acids is 1. The largest absolute Gasteiger partial charge is 0.493 e. The molecule has 0 saturated carbocycles. The highest BCUT2D eigenvalue weighted by Gasteiger charge is 2.21. The number of fused-ring (bicyclic) bond motifs is 3. The first kappa shape index (κ1) is 12.7. The average Bonchev–Trinajstić information content (AvgIpc) is 2.46. The van der Waals surface area contributed by atoms with Gasteiger partial charge in [0.2, 0.25) is 0 Å². The van der Waals surface area contributed by atoms with E-state index in [4.69, 9.17) is 4.74 Å². The van der Waals surface area contributed by atoms with Gasteiger partial charge in [0.25, 0.3) is 0 Å². The fraction of sp³-hybridized carbons (Fsp3) is 0.235. The van der Waals surface area contributed by atoms with Crippen LogP contribution in [0.2, 0.25) is 0 Å². The topological polar surface area (TPSA) is 46.5 Å². The zero-order chi connectivity index (χ0) is 14.1. The zero-order valence-electron chi connectivity index (χ0n) is 11.3. The van der Waals surface area contributed by atoms with Crippen LogP contribution in [0.3, 0.4) is 0 Å². The van der Waals surface area contributed by atoms with E-state index in [1.54, 1.807) is 6.07 Å². The van der Waals surface area contributed by atoms with Crippen molar-refractivity contribution in [3.63, 3.8) is 0 Å². The van der Waals surface area contributed by atoms with E-state index in [0.717, 1.165) is 24.0 Å². The van der Waals surface area contributed by atoms with Gasteiger partial charge >= 0.3 is 5.97 Å². The molecule has 1 aliphatic carbocycles. The SMILES string of the molecule is CCOc1cc2c(cc1C(=O)O)CCc1ccccc1-2. The van der Waals surface area contributed by atoms with Crippen LogP contribution in [0.25, 0.3) is 11.1 Å². The molecular formula is C17H16O3. The number of aryl methyl sites for hydroxylation is 2. The van der Waals surface area contributed by atoms with Crippen LogP contribution in [-0.4, -0.2) is 17.7 Å². The van der Waals surface area contributed by atoms with Crippen molar-refractivity contribution in [2.45, 2.75) is 19.8 Å². The number of hydrogen-bond donors (Lipinski definition) is 1. The smallest absolute Gasteiger partial charge is 0.339 e. The summed E-state index contributed by atoms with van der Waals surface area (Å²) in [7, 11) is 0. The van der Waals surface area contributed by atoms with E-state index in [2.05, 4.69) is 12.1 Å². The first-order valence-electron chi connectivity index (χ1n) is 6.82. The van der Waals surface area contributed by atoms with Crippen molar-refractivity contribution in [1.82, 2.24) is 0 Å². The highest BCUT2D eigenvalue weighted by Crippen LogP contribution is 2.37. The Hall–Kier alpha value is -2.29. The second-order valence-corrected chi connectivity index (χ2v) is 4.90. The summed E-state index contributed by atoms with van der Waals surface area (Å²) < 4.78 is 5.50. The monoisotopic (exact) mass is 268 g/mol. The van der Waals surface area contributed by atoms with Gasteiger partial charge in [-0.1, -0.05) is 24.3 Å². The molecule has 0 amide bonds. The lowest BCUT2D eigenvalue weighted by molar-refractivity contribution is 0.0692. The molecule has 1 aliphatic rings. The summed E-state index contributed by atoms with van der Waals surface area (Å²) in [4.78, 5) is 11.3. The molecule has 0 bridgehead atoms. The van der Waals surface area contributed by atoms with Gasteiger partial charge < -0.3 is 9.84 Å². The third kappa shape index (κ3) is 2.05. The summed E-state index contributed by atoms with van der Waals surface area (Å²) in [6, 6.07) is 11.9. The van der Waals surface area contributed by atoms with Gasteiger partial charge in [-0.25, -0.2) is 4.79 Å². The normalized spacial score (nSPS) is 12.4. The van der Waals surface area contributed by atoms with E-state index < -0.39 is 5.97 Å². The number of carbonyl (C=O) groups is 1. The van der Waals surface area contributed by atoms with Crippen LogP contribution in [0.4, 0.5) is 0 Å². The zero-order valence-corrected chi connectivity index (χ0v) is 11.3. The fourth-order valence-corrected chi connectivity index (χ4v) is 2.79. The fourth-order valence-electron chi connectivity index (χ4n) is 2.79. The second kappa shape index (κ2) is 5.00. The summed E-state index contributed by atoms with van der Waals surface area (Å²) in [5.74, 6) is -0.481. The van der Waals surface area contributed by atoms with Gasteiger partial charge in [-0.15, -0.1) is 0 Å². The van der Waals surface area contributed by atoms with E-state index in [-0.39, 0.29) is 5.56 Å². The van der Waals surface area contributed by atoms with E-state index in [9.17, 15) is 9.90 Å². The Bertz CT molecular complexity index is 674. The molecule has 0 heterocycles. The molecule has 2 aromatic carbocycles. The predicted octanol–water partition coefficient (Wildman–Crippen LogP) is 3.55. The Morgan fingerprint density at radius 3 is 2.65 bits per heavy atom. The van der Waals surface area contributed by atoms with Crippen molar-refractivity contribution >= 4 is 5.97 Å². The van der Waals surface area contributed by atoms with Crippen LogP contribution in [0, 0.1) is 0 Å². The van der Waals surface area contributed by atoms with E-state index in [1.807, 2.05) is 25.1 Å². The van der Waals surface area contributed by atoms with Crippen LogP contribution < -0.4 is 4.74 Å².